The molecule has 1 rings (SSSR count). The molecule has 7 nitrogen and oxygen atoms in total. The number of rotatable bonds is 8. The molecule has 0 aliphatic heterocycles. The van der Waals surface area contributed by atoms with Crippen molar-refractivity contribution in [3.05, 3.63) is 29.3 Å². The fourth-order valence-corrected chi connectivity index (χ4v) is 2.02. The minimum absolute atomic E-state index is 0.290. The molecule has 2 amide bonds. The molecule has 2 N–H and O–H groups in total. The van der Waals surface area contributed by atoms with Crippen molar-refractivity contribution < 1.29 is 23.9 Å². The van der Waals surface area contributed by atoms with Crippen LogP contribution in [0.1, 0.15) is 25.0 Å². The maximum Gasteiger partial charge on any atom is 0.344 e. The van der Waals surface area contributed by atoms with Crippen molar-refractivity contribution in [2.45, 2.75) is 33.7 Å². The number of ether oxygens (including phenoxy) is 2. The average molecular weight is 336 g/mol. The molecule has 0 aromatic heterocycles. The van der Waals surface area contributed by atoms with Gasteiger partial charge in [-0.25, -0.2) is 4.79 Å². The van der Waals surface area contributed by atoms with Gasteiger partial charge in [0.05, 0.1) is 0 Å². The lowest BCUT2D eigenvalue weighted by molar-refractivity contribution is -0.150. The number of benzene rings is 1. The van der Waals surface area contributed by atoms with Crippen molar-refractivity contribution in [3.63, 3.8) is 0 Å². The number of amides is 2. The fraction of sp³-hybridized carbons (Fsp3) is 0.471. The number of carbonyl (C=O) groups excluding carboxylic acids is 3. The van der Waals surface area contributed by atoms with Gasteiger partial charge in [0.2, 0.25) is 5.91 Å². The van der Waals surface area contributed by atoms with E-state index in [0.717, 1.165) is 11.1 Å². The van der Waals surface area contributed by atoms with Crippen molar-refractivity contribution >= 4 is 17.8 Å². The van der Waals surface area contributed by atoms with E-state index in [9.17, 15) is 14.4 Å². The summed E-state index contributed by atoms with van der Waals surface area (Å²) in [5.41, 5.74) is 2.05. The van der Waals surface area contributed by atoms with Gasteiger partial charge in [-0.2, -0.15) is 0 Å². The predicted molar refractivity (Wildman–Crippen MR) is 88.7 cm³/mol. The molecule has 0 spiro atoms. The number of hydrogen-bond acceptors (Lipinski definition) is 5. The molecule has 7 heteroatoms. The second-order valence-electron chi connectivity index (χ2n) is 5.46. The zero-order valence-corrected chi connectivity index (χ0v) is 14.5. The highest BCUT2D eigenvalue weighted by atomic mass is 16.6. The molecular formula is C17H24N2O5. The zero-order valence-electron chi connectivity index (χ0n) is 14.5. The Morgan fingerprint density at radius 2 is 1.71 bits per heavy atom. The number of aryl methyl sites for hydroxylation is 2. The van der Waals surface area contributed by atoms with E-state index in [0.29, 0.717) is 12.3 Å². The lowest BCUT2D eigenvalue weighted by Crippen LogP contribution is -2.46. The van der Waals surface area contributed by atoms with E-state index in [1.54, 1.807) is 26.0 Å². The molecule has 0 aliphatic rings. The third kappa shape index (κ3) is 7.13. The first kappa shape index (κ1) is 19.5. The normalized spacial score (nSPS) is 11.3. The van der Waals surface area contributed by atoms with Crippen LogP contribution in [0.15, 0.2) is 18.2 Å². The Kier molecular flexibility index (Phi) is 7.74. The summed E-state index contributed by atoms with van der Waals surface area (Å²) in [5, 5.41) is 5.02. The molecule has 0 saturated carbocycles. The van der Waals surface area contributed by atoms with Crippen LogP contribution in [0.25, 0.3) is 0 Å². The second kappa shape index (κ2) is 9.54. The minimum atomic E-state index is -0.692. The van der Waals surface area contributed by atoms with Gasteiger partial charge in [0, 0.05) is 6.54 Å². The molecule has 0 fully saturated rings. The SMILES string of the molecule is CCNC(=O)[C@@H](C)NC(=O)COC(=O)COc1cc(C)cc(C)c1. The number of esters is 1. The zero-order chi connectivity index (χ0) is 18.1. The third-order valence-corrected chi connectivity index (χ3v) is 3.04. The average Bonchev–Trinajstić information content (AvgIpc) is 2.50. The van der Waals surface area contributed by atoms with Crippen LogP contribution in [0, 0.1) is 13.8 Å². The van der Waals surface area contributed by atoms with E-state index in [1.165, 1.54) is 0 Å². The van der Waals surface area contributed by atoms with Gasteiger partial charge in [0.25, 0.3) is 5.91 Å². The molecule has 0 unspecified atom stereocenters. The van der Waals surface area contributed by atoms with Crippen LogP contribution in [-0.2, 0) is 19.1 Å². The number of carbonyl (C=O) groups is 3. The van der Waals surface area contributed by atoms with Gasteiger partial charge in [-0.3, -0.25) is 9.59 Å². The maximum atomic E-state index is 11.6. The van der Waals surface area contributed by atoms with Gasteiger partial charge in [0.15, 0.2) is 13.2 Å². The molecule has 0 bridgehead atoms. The molecule has 24 heavy (non-hydrogen) atoms. The molecular weight excluding hydrogens is 312 g/mol. The van der Waals surface area contributed by atoms with Crippen LogP contribution in [0.2, 0.25) is 0 Å². The molecule has 0 saturated heterocycles. The summed E-state index contributed by atoms with van der Waals surface area (Å²) in [6, 6.07) is 4.91. The first-order valence-electron chi connectivity index (χ1n) is 7.75. The highest BCUT2D eigenvalue weighted by molar-refractivity contribution is 5.88. The Hall–Kier alpha value is -2.57. The summed E-state index contributed by atoms with van der Waals surface area (Å²) in [5.74, 6) is -0.933. The molecule has 1 aromatic rings. The molecule has 0 aliphatic carbocycles. The second-order valence-corrected chi connectivity index (χ2v) is 5.46. The Bertz CT molecular complexity index is 580. The van der Waals surface area contributed by atoms with Gasteiger partial charge in [-0.15, -0.1) is 0 Å². The van der Waals surface area contributed by atoms with E-state index in [2.05, 4.69) is 10.6 Å². The van der Waals surface area contributed by atoms with Crippen molar-refractivity contribution in [2.24, 2.45) is 0 Å². The number of nitrogens with one attached hydrogen (secondary N) is 2. The van der Waals surface area contributed by atoms with Crippen LogP contribution in [0.4, 0.5) is 0 Å². The molecule has 0 radical (unpaired) electrons. The van der Waals surface area contributed by atoms with Crippen LogP contribution < -0.4 is 15.4 Å². The van der Waals surface area contributed by atoms with E-state index in [1.807, 2.05) is 19.9 Å². The largest absolute Gasteiger partial charge is 0.482 e. The summed E-state index contributed by atoms with van der Waals surface area (Å²) in [6.45, 7) is 6.92. The number of likely N-dealkylation sites (N-methyl/N-ethyl adjacent to an activating group) is 1. The molecule has 1 atom stereocenters. The van der Waals surface area contributed by atoms with Crippen molar-refractivity contribution in [2.75, 3.05) is 19.8 Å². The fourth-order valence-electron chi connectivity index (χ4n) is 2.02. The lowest BCUT2D eigenvalue weighted by Gasteiger charge is -2.13. The molecule has 0 heterocycles. The van der Waals surface area contributed by atoms with Crippen molar-refractivity contribution in [1.82, 2.24) is 10.6 Å². The topological polar surface area (TPSA) is 93.7 Å². The van der Waals surface area contributed by atoms with Gasteiger partial charge in [-0.05, 0) is 51.0 Å². The Labute approximate surface area is 141 Å². The first-order valence-corrected chi connectivity index (χ1v) is 7.75. The van der Waals surface area contributed by atoms with Gasteiger partial charge < -0.3 is 20.1 Å². The highest BCUT2D eigenvalue weighted by Gasteiger charge is 2.16. The lowest BCUT2D eigenvalue weighted by atomic mass is 10.1. The van der Waals surface area contributed by atoms with Gasteiger partial charge in [-0.1, -0.05) is 6.07 Å². The van der Waals surface area contributed by atoms with E-state index in [4.69, 9.17) is 9.47 Å². The molecule has 132 valence electrons. The monoisotopic (exact) mass is 336 g/mol. The van der Waals surface area contributed by atoms with Crippen LogP contribution in [0.3, 0.4) is 0 Å². The summed E-state index contributed by atoms with van der Waals surface area (Å²) in [4.78, 5) is 34.7. The molecule has 1 aromatic carbocycles. The Morgan fingerprint density at radius 3 is 2.29 bits per heavy atom. The van der Waals surface area contributed by atoms with Crippen LogP contribution in [0.5, 0.6) is 5.75 Å². The Morgan fingerprint density at radius 1 is 1.08 bits per heavy atom. The Balaban J connectivity index is 2.32. The van der Waals surface area contributed by atoms with E-state index in [-0.39, 0.29) is 12.5 Å². The first-order chi connectivity index (χ1) is 11.3. The minimum Gasteiger partial charge on any atom is -0.482 e. The summed E-state index contributed by atoms with van der Waals surface area (Å²) >= 11 is 0. The van der Waals surface area contributed by atoms with Crippen LogP contribution >= 0.6 is 0 Å². The predicted octanol–water partition coefficient (Wildman–Crippen LogP) is 0.866. The van der Waals surface area contributed by atoms with Crippen LogP contribution in [-0.4, -0.2) is 43.6 Å². The standard InChI is InChI=1S/C17H24N2O5/c1-5-18-17(22)13(4)19-15(20)9-24-16(21)10-23-14-7-11(2)6-12(3)8-14/h6-8,13H,5,9-10H2,1-4H3,(H,18,22)(H,19,20)/t13-/m1/s1. The quantitative estimate of drug-likeness (QED) is 0.687. The summed E-state index contributed by atoms with van der Waals surface area (Å²) in [6.07, 6.45) is 0. The third-order valence-electron chi connectivity index (χ3n) is 3.04. The van der Waals surface area contributed by atoms with Crippen molar-refractivity contribution in [1.29, 1.82) is 0 Å². The maximum absolute atomic E-state index is 11.6. The number of hydrogen-bond donors (Lipinski definition) is 2. The van der Waals surface area contributed by atoms with E-state index >= 15 is 0 Å². The van der Waals surface area contributed by atoms with Gasteiger partial charge >= 0.3 is 5.97 Å². The van der Waals surface area contributed by atoms with Gasteiger partial charge in [0.1, 0.15) is 11.8 Å². The summed E-state index contributed by atoms with van der Waals surface area (Å²) < 4.78 is 10.2. The van der Waals surface area contributed by atoms with E-state index < -0.39 is 24.5 Å². The highest BCUT2D eigenvalue weighted by Crippen LogP contribution is 2.15. The summed E-state index contributed by atoms with van der Waals surface area (Å²) in [7, 11) is 0. The van der Waals surface area contributed by atoms with Crippen molar-refractivity contribution in [3.8, 4) is 5.75 Å². The smallest absolute Gasteiger partial charge is 0.344 e.